The Balaban J connectivity index is 2.29. The van der Waals surface area contributed by atoms with Crippen LogP contribution in [0.2, 0.25) is 0 Å². The van der Waals surface area contributed by atoms with E-state index in [4.69, 9.17) is 0 Å². The summed E-state index contributed by atoms with van der Waals surface area (Å²) >= 11 is 0. The van der Waals surface area contributed by atoms with Crippen LogP contribution in [0.1, 0.15) is 22.8 Å². The molecule has 1 N–H and O–H groups in total. The van der Waals surface area contributed by atoms with Crippen LogP contribution in [-0.2, 0) is 11.2 Å². The van der Waals surface area contributed by atoms with Gasteiger partial charge in [-0.2, -0.15) is 0 Å². The van der Waals surface area contributed by atoms with Gasteiger partial charge in [-0.1, -0.05) is 6.07 Å². The maximum absolute atomic E-state index is 12.9. The summed E-state index contributed by atoms with van der Waals surface area (Å²) in [6, 6.07) is 3.60. The molecular formula is C11H10FNO2. The topological polar surface area (TPSA) is 46.2 Å². The zero-order valence-electron chi connectivity index (χ0n) is 8.21. The number of amides is 1. The third kappa shape index (κ3) is 1.75. The SMILES string of the molecule is CC(=O)N[C@H]1Cc2ccc(F)cc2C1=O. The van der Waals surface area contributed by atoms with Crippen molar-refractivity contribution in [3.05, 3.63) is 35.1 Å². The van der Waals surface area contributed by atoms with Gasteiger partial charge in [0.1, 0.15) is 5.82 Å². The fourth-order valence-electron chi connectivity index (χ4n) is 1.82. The van der Waals surface area contributed by atoms with Gasteiger partial charge in [-0.15, -0.1) is 0 Å². The van der Waals surface area contributed by atoms with Gasteiger partial charge in [-0.05, 0) is 17.7 Å². The molecule has 0 radical (unpaired) electrons. The third-order valence-electron chi connectivity index (χ3n) is 2.46. The van der Waals surface area contributed by atoms with E-state index >= 15 is 0 Å². The molecular weight excluding hydrogens is 197 g/mol. The second-order valence-corrected chi connectivity index (χ2v) is 3.62. The van der Waals surface area contributed by atoms with Gasteiger partial charge < -0.3 is 5.32 Å². The van der Waals surface area contributed by atoms with Crippen LogP contribution < -0.4 is 5.32 Å². The standard InChI is InChI=1S/C11H10FNO2/c1-6(14)13-10-4-7-2-3-8(12)5-9(7)11(10)15/h2-3,5,10H,4H2,1H3,(H,13,14)/t10-/m0/s1. The van der Waals surface area contributed by atoms with Gasteiger partial charge in [0.15, 0.2) is 5.78 Å². The second kappa shape index (κ2) is 3.46. The van der Waals surface area contributed by atoms with Crippen molar-refractivity contribution in [1.82, 2.24) is 5.32 Å². The Kier molecular flexibility index (Phi) is 2.26. The molecule has 0 fully saturated rings. The molecule has 0 spiro atoms. The van der Waals surface area contributed by atoms with Crippen molar-refractivity contribution in [2.24, 2.45) is 0 Å². The minimum atomic E-state index is -0.528. The lowest BCUT2D eigenvalue weighted by atomic mass is 10.1. The van der Waals surface area contributed by atoms with Gasteiger partial charge in [0.2, 0.25) is 5.91 Å². The average molecular weight is 207 g/mol. The molecule has 1 aliphatic carbocycles. The van der Waals surface area contributed by atoms with E-state index in [1.165, 1.54) is 19.1 Å². The van der Waals surface area contributed by atoms with E-state index in [1.54, 1.807) is 6.07 Å². The van der Waals surface area contributed by atoms with E-state index in [9.17, 15) is 14.0 Å². The normalized spacial score (nSPS) is 18.8. The molecule has 4 heteroatoms. The third-order valence-corrected chi connectivity index (χ3v) is 2.46. The van der Waals surface area contributed by atoms with Crippen LogP contribution in [0.15, 0.2) is 18.2 Å². The van der Waals surface area contributed by atoms with E-state index < -0.39 is 11.9 Å². The largest absolute Gasteiger partial charge is 0.346 e. The molecule has 1 aromatic carbocycles. The highest BCUT2D eigenvalue weighted by atomic mass is 19.1. The lowest BCUT2D eigenvalue weighted by Gasteiger charge is -2.07. The summed E-state index contributed by atoms with van der Waals surface area (Å²) in [6.45, 7) is 1.36. The lowest BCUT2D eigenvalue weighted by molar-refractivity contribution is -0.119. The fourth-order valence-corrected chi connectivity index (χ4v) is 1.82. The molecule has 0 unspecified atom stereocenters. The number of rotatable bonds is 1. The quantitative estimate of drug-likeness (QED) is 0.748. The van der Waals surface area contributed by atoms with Crippen LogP contribution in [0.4, 0.5) is 4.39 Å². The molecule has 3 nitrogen and oxygen atoms in total. The van der Waals surface area contributed by atoms with Gasteiger partial charge in [0.05, 0.1) is 6.04 Å². The predicted octanol–water partition coefficient (Wildman–Crippen LogP) is 1.07. The molecule has 1 aromatic rings. The smallest absolute Gasteiger partial charge is 0.217 e. The minimum absolute atomic E-state index is 0.209. The number of hydrogen-bond donors (Lipinski definition) is 1. The van der Waals surface area contributed by atoms with E-state index in [-0.39, 0.29) is 11.7 Å². The number of halogens is 1. The number of carbonyl (C=O) groups is 2. The lowest BCUT2D eigenvalue weighted by Crippen LogP contribution is -2.37. The number of carbonyl (C=O) groups excluding carboxylic acids is 2. The first-order valence-corrected chi connectivity index (χ1v) is 4.67. The Morgan fingerprint density at radius 3 is 2.93 bits per heavy atom. The summed E-state index contributed by atoms with van der Waals surface area (Å²) in [5.74, 6) is -0.882. The van der Waals surface area contributed by atoms with E-state index in [0.717, 1.165) is 5.56 Å². The van der Waals surface area contributed by atoms with Crippen molar-refractivity contribution >= 4 is 11.7 Å². The van der Waals surface area contributed by atoms with Crippen LogP contribution in [-0.4, -0.2) is 17.7 Å². The van der Waals surface area contributed by atoms with Crippen LogP contribution in [0.5, 0.6) is 0 Å². The van der Waals surface area contributed by atoms with Gasteiger partial charge in [-0.3, -0.25) is 9.59 Å². The Labute approximate surface area is 86.3 Å². The van der Waals surface area contributed by atoms with Gasteiger partial charge in [0, 0.05) is 18.9 Å². The first kappa shape index (κ1) is 9.83. The molecule has 0 bridgehead atoms. The van der Waals surface area contributed by atoms with Gasteiger partial charge >= 0.3 is 0 Å². The minimum Gasteiger partial charge on any atom is -0.346 e. The summed E-state index contributed by atoms with van der Waals surface area (Å²) in [7, 11) is 0. The first-order valence-electron chi connectivity index (χ1n) is 4.67. The summed E-state index contributed by atoms with van der Waals surface area (Å²) in [6.07, 6.45) is 0.452. The Morgan fingerprint density at radius 1 is 1.53 bits per heavy atom. The highest BCUT2D eigenvalue weighted by Crippen LogP contribution is 2.22. The van der Waals surface area contributed by atoms with Gasteiger partial charge in [-0.25, -0.2) is 4.39 Å². The molecule has 0 aliphatic heterocycles. The number of hydrogen-bond acceptors (Lipinski definition) is 2. The maximum atomic E-state index is 12.9. The first-order chi connectivity index (χ1) is 7.08. The van der Waals surface area contributed by atoms with Crippen molar-refractivity contribution in [2.75, 3.05) is 0 Å². The monoisotopic (exact) mass is 207 g/mol. The van der Waals surface area contributed by atoms with Crippen LogP contribution >= 0.6 is 0 Å². The zero-order valence-corrected chi connectivity index (χ0v) is 8.21. The molecule has 78 valence electrons. The predicted molar refractivity (Wildman–Crippen MR) is 52.0 cm³/mol. The van der Waals surface area contributed by atoms with E-state index in [1.807, 2.05) is 0 Å². The average Bonchev–Trinajstić information content (AvgIpc) is 2.44. The van der Waals surface area contributed by atoms with Crippen molar-refractivity contribution in [1.29, 1.82) is 0 Å². The fraction of sp³-hybridized carbons (Fsp3) is 0.273. The zero-order chi connectivity index (χ0) is 11.0. The number of Topliss-reactive ketones (excluding diaryl/α,β-unsaturated/α-hetero) is 1. The van der Waals surface area contributed by atoms with E-state index in [0.29, 0.717) is 12.0 Å². The molecule has 2 rings (SSSR count). The van der Waals surface area contributed by atoms with Crippen LogP contribution in [0, 0.1) is 5.82 Å². The van der Waals surface area contributed by atoms with E-state index in [2.05, 4.69) is 5.32 Å². The molecule has 0 saturated carbocycles. The molecule has 1 amide bonds. The number of ketones is 1. The maximum Gasteiger partial charge on any atom is 0.217 e. The molecule has 0 aromatic heterocycles. The number of fused-ring (bicyclic) bond motifs is 1. The molecule has 0 saturated heterocycles. The Bertz CT molecular complexity index is 442. The summed E-state index contributed by atoms with van der Waals surface area (Å²) < 4.78 is 12.9. The van der Waals surface area contributed by atoms with Crippen molar-refractivity contribution in [2.45, 2.75) is 19.4 Å². The Hall–Kier alpha value is -1.71. The molecule has 15 heavy (non-hydrogen) atoms. The van der Waals surface area contributed by atoms with Crippen molar-refractivity contribution in [3.63, 3.8) is 0 Å². The molecule has 0 heterocycles. The summed E-state index contributed by atoms with van der Waals surface area (Å²) in [5, 5.41) is 2.55. The molecule has 1 atom stereocenters. The van der Waals surface area contributed by atoms with Crippen LogP contribution in [0.3, 0.4) is 0 Å². The second-order valence-electron chi connectivity index (χ2n) is 3.62. The number of nitrogens with one attached hydrogen (secondary N) is 1. The highest BCUT2D eigenvalue weighted by molar-refractivity contribution is 6.05. The van der Waals surface area contributed by atoms with Gasteiger partial charge in [0.25, 0.3) is 0 Å². The number of benzene rings is 1. The van der Waals surface area contributed by atoms with Crippen LogP contribution in [0.25, 0.3) is 0 Å². The Morgan fingerprint density at radius 2 is 2.27 bits per heavy atom. The summed E-state index contributed by atoms with van der Waals surface area (Å²) in [4.78, 5) is 22.5. The van der Waals surface area contributed by atoms with Crippen molar-refractivity contribution in [3.8, 4) is 0 Å². The summed E-state index contributed by atoms with van der Waals surface area (Å²) in [5.41, 5.74) is 1.17. The molecule has 1 aliphatic rings. The highest BCUT2D eigenvalue weighted by Gasteiger charge is 2.30. The van der Waals surface area contributed by atoms with Crippen molar-refractivity contribution < 1.29 is 14.0 Å².